The van der Waals surface area contributed by atoms with Gasteiger partial charge in [-0.3, -0.25) is 4.79 Å². The topological polar surface area (TPSA) is 26.3 Å². The first-order chi connectivity index (χ1) is 9.52. The molecule has 2 aromatic carbocycles. The fraction of sp³-hybridized carbons (Fsp3) is 0.133. The van der Waals surface area contributed by atoms with Crippen molar-refractivity contribution in [3.05, 3.63) is 63.4 Å². The molecule has 0 unspecified atom stereocenters. The lowest BCUT2D eigenvalue weighted by Crippen LogP contribution is -2.05. The molecule has 0 heterocycles. The van der Waals surface area contributed by atoms with Crippen molar-refractivity contribution < 1.29 is 13.9 Å². The van der Waals surface area contributed by atoms with Crippen molar-refractivity contribution in [2.24, 2.45) is 0 Å². The van der Waals surface area contributed by atoms with Crippen LogP contribution in [0.15, 0.2) is 36.4 Å². The summed E-state index contributed by atoms with van der Waals surface area (Å²) in [5, 5.41) is 0.833. The van der Waals surface area contributed by atoms with Crippen molar-refractivity contribution in [1.29, 1.82) is 0 Å². The summed E-state index contributed by atoms with van der Waals surface area (Å²) in [6.45, 7) is 0. The predicted molar refractivity (Wildman–Crippen MR) is 77.4 cm³/mol. The fourth-order valence-electron chi connectivity index (χ4n) is 1.80. The van der Waals surface area contributed by atoms with E-state index in [1.54, 1.807) is 18.2 Å². The van der Waals surface area contributed by atoms with Crippen LogP contribution in [0.3, 0.4) is 0 Å². The lowest BCUT2D eigenvalue weighted by atomic mass is 10.0. The van der Waals surface area contributed by atoms with Gasteiger partial charge >= 0.3 is 0 Å². The Morgan fingerprint density at radius 1 is 1.20 bits per heavy atom. The minimum atomic E-state index is -0.580. The zero-order valence-corrected chi connectivity index (χ0v) is 12.1. The maximum atomic E-state index is 13.6. The van der Waals surface area contributed by atoms with Crippen LogP contribution in [0.4, 0.5) is 4.39 Å². The van der Waals surface area contributed by atoms with Crippen LogP contribution >= 0.6 is 23.2 Å². The van der Waals surface area contributed by atoms with Gasteiger partial charge in [0.15, 0.2) is 17.3 Å². The number of carbonyl (C=O) groups excluding carboxylic acids is 1. The second-order valence-corrected chi connectivity index (χ2v) is 4.96. The van der Waals surface area contributed by atoms with E-state index in [-0.39, 0.29) is 23.5 Å². The van der Waals surface area contributed by atoms with Crippen LogP contribution in [0.5, 0.6) is 5.75 Å². The Labute approximate surface area is 126 Å². The van der Waals surface area contributed by atoms with Gasteiger partial charge in [-0.05, 0) is 35.9 Å². The molecule has 20 heavy (non-hydrogen) atoms. The molecule has 0 amide bonds. The number of hydrogen-bond donors (Lipinski definition) is 0. The zero-order valence-electron chi connectivity index (χ0n) is 10.6. The van der Waals surface area contributed by atoms with Gasteiger partial charge in [-0.1, -0.05) is 29.3 Å². The molecule has 0 radical (unpaired) electrons. The highest BCUT2D eigenvalue weighted by Crippen LogP contribution is 2.26. The van der Waals surface area contributed by atoms with E-state index < -0.39 is 5.82 Å². The summed E-state index contributed by atoms with van der Waals surface area (Å²) in [6.07, 6.45) is 0.0181. The van der Waals surface area contributed by atoms with Gasteiger partial charge in [0.05, 0.1) is 7.11 Å². The van der Waals surface area contributed by atoms with Gasteiger partial charge in [0.1, 0.15) is 0 Å². The van der Waals surface area contributed by atoms with Gasteiger partial charge in [0.25, 0.3) is 0 Å². The first kappa shape index (κ1) is 14.8. The monoisotopic (exact) mass is 312 g/mol. The number of Topliss-reactive ketones (excluding diaryl/α,β-unsaturated/α-hetero) is 1. The van der Waals surface area contributed by atoms with Gasteiger partial charge in [-0.25, -0.2) is 4.39 Å². The summed E-state index contributed by atoms with van der Waals surface area (Å²) in [5.41, 5.74) is 0.788. The number of benzene rings is 2. The second-order valence-electron chi connectivity index (χ2n) is 4.15. The van der Waals surface area contributed by atoms with Crippen LogP contribution in [0.25, 0.3) is 0 Å². The van der Waals surface area contributed by atoms with E-state index in [9.17, 15) is 9.18 Å². The largest absolute Gasteiger partial charge is 0.494 e. The summed E-state index contributed by atoms with van der Waals surface area (Å²) >= 11 is 12.0. The average molecular weight is 313 g/mol. The van der Waals surface area contributed by atoms with Gasteiger partial charge in [-0.15, -0.1) is 0 Å². The van der Waals surface area contributed by atoms with E-state index in [1.165, 1.54) is 19.2 Å². The Bertz CT molecular complexity index is 636. The van der Waals surface area contributed by atoms with E-state index >= 15 is 0 Å². The highest BCUT2D eigenvalue weighted by molar-refractivity contribution is 6.36. The number of ether oxygens (including phenoxy) is 1. The van der Waals surface area contributed by atoms with E-state index in [4.69, 9.17) is 27.9 Å². The molecule has 0 bridgehead atoms. The molecule has 0 spiro atoms. The molecule has 5 heteroatoms. The average Bonchev–Trinajstić information content (AvgIpc) is 2.42. The van der Waals surface area contributed by atoms with Crippen molar-refractivity contribution in [3.8, 4) is 5.75 Å². The highest BCUT2D eigenvalue weighted by atomic mass is 35.5. The van der Waals surface area contributed by atoms with Crippen molar-refractivity contribution in [3.63, 3.8) is 0 Å². The Morgan fingerprint density at radius 2 is 1.85 bits per heavy atom. The minimum Gasteiger partial charge on any atom is -0.494 e. The Balaban J connectivity index is 2.26. The van der Waals surface area contributed by atoms with Gasteiger partial charge in [-0.2, -0.15) is 0 Å². The van der Waals surface area contributed by atoms with E-state index in [1.807, 2.05) is 0 Å². The van der Waals surface area contributed by atoms with E-state index in [0.717, 1.165) is 6.07 Å². The predicted octanol–water partition coefficient (Wildman–Crippen LogP) is 4.57. The van der Waals surface area contributed by atoms with E-state index in [2.05, 4.69) is 0 Å². The fourth-order valence-corrected chi connectivity index (χ4v) is 2.33. The Kier molecular flexibility index (Phi) is 4.63. The third-order valence-electron chi connectivity index (χ3n) is 2.87. The molecule has 0 atom stereocenters. The number of halogens is 3. The number of rotatable bonds is 4. The zero-order chi connectivity index (χ0) is 14.7. The van der Waals surface area contributed by atoms with Crippen LogP contribution in [0.2, 0.25) is 10.0 Å². The quantitative estimate of drug-likeness (QED) is 0.773. The molecule has 0 saturated heterocycles. The lowest BCUT2D eigenvalue weighted by molar-refractivity contribution is 0.0992. The smallest absolute Gasteiger partial charge is 0.167 e. The van der Waals surface area contributed by atoms with Crippen LogP contribution in [0.1, 0.15) is 15.9 Å². The van der Waals surface area contributed by atoms with Gasteiger partial charge in [0.2, 0.25) is 0 Å². The molecule has 0 aliphatic heterocycles. The first-order valence-electron chi connectivity index (χ1n) is 5.82. The molecule has 2 aromatic rings. The lowest BCUT2D eigenvalue weighted by Gasteiger charge is -2.07. The molecule has 0 aromatic heterocycles. The molecular formula is C15H11Cl2FO2. The molecule has 2 rings (SSSR count). The third kappa shape index (κ3) is 3.11. The maximum absolute atomic E-state index is 13.6. The summed E-state index contributed by atoms with van der Waals surface area (Å²) in [7, 11) is 1.36. The summed E-state index contributed by atoms with van der Waals surface area (Å²) in [4.78, 5) is 12.1. The molecule has 0 fully saturated rings. The SMILES string of the molecule is COc1ccc(C(=O)Cc2c(Cl)cccc2Cl)cc1F. The van der Waals surface area contributed by atoms with Gasteiger partial charge in [0, 0.05) is 22.0 Å². The number of methoxy groups -OCH3 is 1. The number of carbonyl (C=O) groups is 1. The third-order valence-corrected chi connectivity index (χ3v) is 3.58. The Morgan fingerprint density at radius 3 is 2.40 bits per heavy atom. The number of hydrogen-bond acceptors (Lipinski definition) is 2. The summed E-state index contributed by atoms with van der Waals surface area (Å²) in [5.74, 6) is -0.748. The van der Waals surface area contributed by atoms with Crippen LogP contribution in [-0.2, 0) is 6.42 Å². The van der Waals surface area contributed by atoms with Crippen molar-refractivity contribution in [2.75, 3.05) is 7.11 Å². The molecule has 0 saturated carbocycles. The van der Waals surface area contributed by atoms with Crippen LogP contribution in [-0.4, -0.2) is 12.9 Å². The molecular weight excluding hydrogens is 302 g/mol. The molecule has 0 aliphatic carbocycles. The van der Waals surface area contributed by atoms with Crippen molar-refractivity contribution in [2.45, 2.75) is 6.42 Å². The highest BCUT2D eigenvalue weighted by Gasteiger charge is 2.14. The van der Waals surface area contributed by atoms with Crippen molar-refractivity contribution >= 4 is 29.0 Å². The summed E-state index contributed by atoms with van der Waals surface area (Å²) in [6, 6.07) is 9.08. The molecule has 2 nitrogen and oxygen atoms in total. The second kappa shape index (κ2) is 6.25. The van der Waals surface area contributed by atoms with Crippen LogP contribution < -0.4 is 4.74 Å². The Hall–Kier alpha value is -1.58. The van der Waals surface area contributed by atoms with Crippen molar-refractivity contribution in [1.82, 2.24) is 0 Å². The van der Waals surface area contributed by atoms with E-state index in [0.29, 0.717) is 15.6 Å². The standard InChI is InChI=1S/C15H11Cl2FO2/c1-20-15-6-5-9(7-13(15)18)14(19)8-10-11(16)3-2-4-12(10)17/h2-7H,8H2,1H3. The molecule has 0 aliphatic rings. The van der Waals surface area contributed by atoms with Crippen LogP contribution in [0, 0.1) is 5.82 Å². The maximum Gasteiger partial charge on any atom is 0.167 e. The summed E-state index contributed by atoms with van der Waals surface area (Å²) < 4.78 is 18.4. The molecule has 104 valence electrons. The minimum absolute atomic E-state index is 0.0181. The molecule has 0 N–H and O–H groups in total. The van der Waals surface area contributed by atoms with Gasteiger partial charge < -0.3 is 4.74 Å². The normalized spacial score (nSPS) is 10.4. The number of ketones is 1. The first-order valence-corrected chi connectivity index (χ1v) is 6.58.